The lowest BCUT2D eigenvalue weighted by Crippen LogP contribution is -2.30. The Morgan fingerprint density at radius 2 is 1.38 bits per heavy atom. The first kappa shape index (κ1) is 16.0. The summed E-state index contributed by atoms with van der Waals surface area (Å²) in [5.74, 6) is 0. The van der Waals surface area contributed by atoms with Gasteiger partial charge >= 0.3 is 0 Å². The van der Waals surface area contributed by atoms with E-state index in [0.29, 0.717) is 11.1 Å². The summed E-state index contributed by atoms with van der Waals surface area (Å²) in [7, 11) is 0. The quantitative estimate of drug-likeness (QED) is 0.857. The van der Waals surface area contributed by atoms with Crippen LogP contribution in [0.25, 0.3) is 6.08 Å². The third-order valence-corrected chi connectivity index (χ3v) is 4.40. The smallest absolute Gasteiger partial charge is 0.0991 e. The first-order valence-corrected chi connectivity index (χ1v) is 8.18. The lowest BCUT2D eigenvalue weighted by molar-refractivity contribution is 0.249. The highest BCUT2D eigenvalue weighted by atomic mass is 15.1. The highest BCUT2D eigenvalue weighted by molar-refractivity contribution is 5.54. The molecule has 3 heteroatoms. The average molecular weight is 313 g/mol. The fraction of sp³-hybridized carbons (Fsp3) is 0.238. The van der Waals surface area contributed by atoms with Gasteiger partial charge in [0.1, 0.15) is 0 Å². The molecule has 0 saturated carbocycles. The summed E-state index contributed by atoms with van der Waals surface area (Å²) in [5.41, 5.74) is 5.31. The number of nitrogens with zero attached hydrogens (tertiary/aromatic N) is 3. The summed E-state index contributed by atoms with van der Waals surface area (Å²) in [6.07, 6.45) is 4.41. The predicted octanol–water partition coefficient (Wildman–Crippen LogP) is 4.11. The van der Waals surface area contributed by atoms with Crippen LogP contribution < -0.4 is 0 Å². The zero-order valence-corrected chi connectivity index (χ0v) is 13.6. The van der Waals surface area contributed by atoms with E-state index in [-0.39, 0.29) is 0 Å². The summed E-state index contributed by atoms with van der Waals surface area (Å²) in [5, 5.41) is 17.7. The minimum atomic E-state index is 0.703. The Labute approximate surface area is 143 Å². The van der Waals surface area contributed by atoms with Gasteiger partial charge in [0.25, 0.3) is 0 Å². The van der Waals surface area contributed by atoms with Crippen molar-refractivity contribution in [2.45, 2.75) is 19.4 Å². The SMILES string of the molecule is N#Cc1ccc(C=C2CCN(Cc3ccc(C#N)cc3)CC2)cc1. The maximum absolute atomic E-state index is 8.85. The first-order chi connectivity index (χ1) is 11.8. The van der Waals surface area contributed by atoms with Crippen molar-refractivity contribution in [1.29, 1.82) is 10.5 Å². The fourth-order valence-electron chi connectivity index (χ4n) is 2.98. The summed E-state index contributed by atoms with van der Waals surface area (Å²) in [6, 6.07) is 19.9. The lowest BCUT2D eigenvalue weighted by atomic mass is 10.00. The van der Waals surface area contributed by atoms with E-state index in [2.05, 4.69) is 23.1 Å². The van der Waals surface area contributed by atoms with Crippen molar-refractivity contribution in [2.75, 3.05) is 13.1 Å². The number of hydrogen-bond donors (Lipinski definition) is 0. The maximum atomic E-state index is 8.85. The zero-order chi connectivity index (χ0) is 16.8. The fourth-order valence-corrected chi connectivity index (χ4v) is 2.98. The number of likely N-dealkylation sites (tertiary alicyclic amines) is 1. The van der Waals surface area contributed by atoms with Gasteiger partial charge in [-0.1, -0.05) is 35.9 Å². The second kappa shape index (κ2) is 7.59. The first-order valence-electron chi connectivity index (χ1n) is 8.18. The Bertz CT molecular complexity index is 792. The van der Waals surface area contributed by atoms with Gasteiger partial charge < -0.3 is 0 Å². The van der Waals surface area contributed by atoms with E-state index in [9.17, 15) is 0 Å². The molecule has 0 radical (unpaired) electrons. The molecule has 0 N–H and O–H groups in total. The molecule has 1 saturated heterocycles. The third kappa shape index (κ3) is 4.10. The molecule has 0 bridgehead atoms. The zero-order valence-electron chi connectivity index (χ0n) is 13.6. The van der Waals surface area contributed by atoms with Crippen LogP contribution >= 0.6 is 0 Å². The van der Waals surface area contributed by atoms with Crippen LogP contribution in [0, 0.1) is 22.7 Å². The third-order valence-electron chi connectivity index (χ3n) is 4.40. The minimum Gasteiger partial charge on any atom is -0.298 e. The normalized spacial score (nSPS) is 14.7. The molecule has 0 unspecified atom stereocenters. The van der Waals surface area contributed by atoms with E-state index < -0.39 is 0 Å². The Morgan fingerprint density at radius 3 is 1.92 bits per heavy atom. The standard InChI is InChI=1S/C21H19N3/c22-14-19-3-1-17(2-4-19)13-18-9-11-24(12-10-18)16-21-7-5-20(15-23)6-8-21/h1-8,13H,9-12,16H2. The van der Waals surface area contributed by atoms with Crippen LogP contribution in [0.5, 0.6) is 0 Å². The maximum Gasteiger partial charge on any atom is 0.0991 e. The summed E-state index contributed by atoms with van der Waals surface area (Å²) < 4.78 is 0. The molecule has 1 aliphatic heterocycles. The van der Waals surface area contributed by atoms with Gasteiger partial charge in [0.05, 0.1) is 23.3 Å². The van der Waals surface area contributed by atoms with Gasteiger partial charge in [0.15, 0.2) is 0 Å². The van der Waals surface area contributed by atoms with Gasteiger partial charge in [-0.05, 0) is 48.2 Å². The highest BCUT2D eigenvalue weighted by Gasteiger charge is 2.14. The molecule has 1 fully saturated rings. The van der Waals surface area contributed by atoms with Crippen molar-refractivity contribution < 1.29 is 0 Å². The molecule has 24 heavy (non-hydrogen) atoms. The van der Waals surface area contributed by atoms with Crippen LogP contribution in [0.1, 0.15) is 35.1 Å². The molecule has 0 amide bonds. The molecule has 118 valence electrons. The topological polar surface area (TPSA) is 50.8 Å². The molecule has 0 aromatic heterocycles. The van der Waals surface area contributed by atoms with Gasteiger partial charge in [0, 0.05) is 19.6 Å². The molecule has 1 heterocycles. The van der Waals surface area contributed by atoms with E-state index >= 15 is 0 Å². The summed E-state index contributed by atoms with van der Waals surface area (Å²) in [4.78, 5) is 2.46. The Kier molecular flexibility index (Phi) is 5.06. The Morgan fingerprint density at radius 1 is 0.833 bits per heavy atom. The second-order valence-corrected chi connectivity index (χ2v) is 6.12. The van der Waals surface area contributed by atoms with Crippen LogP contribution in [0.4, 0.5) is 0 Å². The monoisotopic (exact) mass is 313 g/mol. The van der Waals surface area contributed by atoms with Crippen molar-refractivity contribution in [3.05, 3.63) is 76.4 Å². The number of piperidine rings is 1. The molecular formula is C21H19N3. The van der Waals surface area contributed by atoms with E-state index in [0.717, 1.165) is 32.5 Å². The van der Waals surface area contributed by atoms with E-state index in [4.69, 9.17) is 10.5 Å². The molecule has 1 aliphatic rings. The van der Waals surface area contributed by atoms with Gasteiger partial charge in [-0.3, -0.25) is 4.90 Å². The van der Waals surface area contributed by atoms with E-state index in [1.165, 1.54) is 16.7 Å². The molecule has 3 rings (SSSR count). The van der Waals surface area contributed by atoms with Crippen LogP contribution in [-0.4, -0.2) is 18.0 Å². The Hall–Kier alpha value is -2.88. The molecule has 2 aromatic carbocycles. The van der Waals surface area contributed by atoms with Gasteiger partial charge in [0.2, 0.25) is 0 Å². The van der Waals surface area contributed by atoms with Crippen molar-refractivity contribution in [1.82, 2.24) is 4.90 Å². The van der Waals surface area contributed by atoms with Crippen molar-refractivity contribution >= 4 is 6.08 Å². The van der Waals surface area contributed by atoms with E-state index in [1.807, 2.05) is 48.5 Å². The molecular weight excluding hydrogens is 294 g/mol. The van der Waals surface area contributed by atoms with Gasteiger partial charge in [-0.15, -0.1) is 0 Å². The van der Waals surface area contributed by atoms with Crippen molar-refractivity contribution in [3.63, 3.8) is 0 Å². The van der Waals surface area contributed by atoms with Crippen LogP contribution in [0.3, 0.4) is 0 Å². The minimum absolute atomic E-state index is 0.703. The molecule has 2 aromatic rings. The van der Waals surface area contributed by atoms with Crippen molar-refractivity contribution in [3.8, 4) is 12.1 Å². The van der Waals surface area contributed by atoms with Crippen LogP contribution in [0.2, 0.25) is 0 Å². The molecule has 0 spiro atoms. The van der Waals surface area contributed by atoms with Gasteiger partial charge in [-0.2, -0.15) is 10.5 Å². The van der Waals surface area contributed by atoms with E-state index in [1.54, 1.807) is 0 Å². The molecule has 0 atom stereocenters. The van der Waals surface area contributed by atoms with Crippen LogP contribution in [0.15, 0.2) is 54.1 Å². The second-order valence-electron chi connectivity index (χ2n) is 6.12. The number of benzene rings is 2. The Balaban J connectivity index is 1.55. The highest BCUT2D eigenvalue weighted by Crippen LogP contribution is 2.21. The number of rotatable bonds is 3. The summed E-state index contributed by atoms with van der Waals surface area (Å²) in [6.45, 7) is 3.06. The van der Waals surface area contributed by atoms with Crippen molar-refractivity contribution in [2.24, 2.45) is 0 Å². The lowest BCUT2D eigenvalue weighted by Gasteiger charge is -2.28. The predicted molar refractivity (Wildman–Crippen MR) is 94.8 cm³/mol. The number of nitriles is 2. The summed E-state index contributed by atoms with van der Waals surface area (Å²) >= 11 is 0. The van der Waals surface area contributed by atoms with Crippen LogP contribution in [-0.2, 0) is 6.54 Å². The number of hydrogen-bond acceptors (Lipinski definition) is 3. The largest absolute Gasteiger partial charge is 0.298 e. The average Bonchev–Trinajstić information content (AvgIpc) is 2.65. The molecule has 0 aliphatic carbocycles. The van der Waals surface area contributed by atoms with Gasteiger partial charge in [-0.25, -0.2) is 0 Å². The molecule has 3 nitrogen and oxygen atoms in total.